The summed E-state index contributed by atoms with van der Waals surface area (Å²) in [5, 5.41) is 17.2. The lowest BCUT2D eigenvalue weighted by Gasteiger charge is -2.18. The van der Waals surface area contributed by atoms with Gasteiger partial charge in [0.15, 0.2) is 5.82 Å². The van der Waals surface area contributed by atoms with Gasteiger partial charge in [-0.2, -0.15) is 10.4 Å². The number of carbonyl (C=O) groups is 1. The highest BCUT2D eigenvalue weighted by Crippen LogP contribution is 2.26. The Morgan fingerprint density at radius 1 is 1.24 bits per heavy atom. The normalized spacial score (nSPS) is 15.4. The second kappa shape index (κ2) is 10.3. The van der Waals surface area contributed by atoms with Crippen LogP contribution in [0.3, 0.4) is 0 Å². The summed E-state index contributed by atoms with van der Waals surface area (Å²) in [6, 6.07) is 19.3. The molecule has 9 heteroatoms. The molecule has 2 aromatic carbocycles. The summed E-state index contributed by atoms with van der Waals surface area (Å²) >= 11 is 0. The molecule has 2 aromatic heterocycles. The van der Waals surface area contributed by atoms with Gasteiger partial charge < -0.3 is 15.2 Å². The molecule has 37 heavy (non-hydrogen) atoms. The van der Waals surface area contributed by atoms with Gasteiger partial charge >= 0.3 is 0 Å². The summed E-state index contributed by atoms with van der Waals surface area (Å²) in [6.45, 7) is 6.00. The first-order chi connectivity index (χ1) is 18.1. The van der Waals surface area contributed by atoms with Gasteiger partial charge in [-0.15, -0.1) is 0 Å². The van der Waals surface area contributed by atoms with E-state index in [-0.39, 0.29) is 11.9 Å². The SMILES string of the molecule is C=NN/C=C(\C)c1ccc(Nc2ccnc(-c3ccc4cc(C(=O)N5CCCC5C#N)[nH]c4c3)n2)cc1. The van der Waals surface area contributed by atoms with E-state index >= 15 is 0 Å². The van der Waals surface area contributed by atoms with Crippen LogP contribution in [0, 0.1) is 11.3 Å². The number of benzene rings is 2. The molecule has 0 spiro atoms. The Morgan fingerprint density at radius 3 is 2.86 bits per heavy atom. The highest BCUT2D eigenvalue weighted by atomic mass is 16.2. The summed E-state index contributed by atoms with van der Waals surface area (Å²) in [6.07, 6.45) is 5.08. The molecule has 1 aliphatic rings. The van der Waals surface area contributed by atoms with Gasteiger partial charge in [0.2, 0.25) is 0 Å². The molecular weight excluding hydrogens is 464 g/mol. The lowest BCUT2D eigenvalue weighted by molar-refractivity contribution is 0.0760. The average molecular weight is 491 g/mol. The van der Waals surface area contributed by atoms with Crippen molar-refractivity contribution >= 4 is 40.6 Å². The van der Waals surface area contributed by atoms with E-state index in [0.717, 1.165) is 46.1 Å². The molecular formula is C28H26N8O. The number of nitriles is 1. The van der Waals surface area contributed by atoms with Crippen LogP contribution >= 0.6 is 0 Å². The van der Waals surface area contributed by atoms with E-state index in [1.54, 1.807) is 17.3 Å². The number of aromatic nitrogens is 3. The Bertz CT molecular complexity index is 1530. The fourth-order valence-corrected chi connectivity index (χ4v) is 4.44. The Hall–Kier alpha value is -4.97. The number of fused-ring (bicyclic) bond motifs is 1. The summed E-state index contributed by atoms with van der Waals surface area (Å²) in [5.41, 5.74) is 7.87. The predicted molar refractivity (Wildman–Crippen MR) is 145 cm³/mol. The predicted octanol–water partition coefficient (Wildman–Crippen LogP) is 5.06. The van der Waals surface area contributed by atoms with E-state index in [1.165, 1.54) is 0 Å². The minimum Gasteiger partial charge on any atom is -0.351 e. The molecule has 0 bridgehead atoms. The third-order valence-electron chi connectivity index (χ3n) is 6.41. The number of hydrazone groups is 1. The molecule has 3 N–H and O–H groups in total. The van der Waals surface area contributed by atoms with Crippen molar-refractivity contribution in [2.75, 3.05) is 11.9 Å². The Morgan fingerprint density at radius 2 is 2.08 bits per heavy atom. The van der Waals surface area contributed by atoms with E-state index in [1.807, 2.05) is 61.5 Å². The zero-order valence-corrected chi connectivity index (χ0v) is 20.4. The zero-order chi connectivity index (χ0) is 25.8. The maximum Gasteiger partial charge on any atom is 0.271 e. The average Bonchev–Trinajstić information content (AvgIpc) is 3.58. The smallest absolute Gasteiger partial charge is 0.271 e. The van der Waals surface area contributed by atoms with Crippen molar-refractivity contribution in [3.8, 4) is 17.5 Å². The monoisotopic (exact) mass is 490 g/mol. The zero-order valence-electron chi connectivity index (χ0n) is 20.4. The molecule has 1 atom stereocenters. The van der Waals surface area contributed by atoms with E-state index < -0.39 is 0 Å². The number of allylic oxidation sites excluding steroid dienone is 1. The molecule has 3 heterocycles. The maximum absolute atomic E-state index is 13.0. The lowest BCUT2D eigenvalue weighted by Crippen LogP contribution is -2.34. The van der Waals surface area contributed by atoms with E-state index in [0.29, 0.717) is 23.9 Å². The molecule has 9 nitrogen and oxygen atoms in total. The summed E-state index contributed by atoms with van der Waals surface area (Å²) < 4.78 is 0. The van der Waals surface area contributed by atoms with Gasteiger partial charge in [0, 0.05) is 47.8 Å². The molecule has 184 valence electrons. The largest absolute Gasteiger partial charge is 0.351 e. The highest BCUT2D eigenvalue weighted by molar-refractivity contribution is 5.99. The second-order valence-electron chi connectivity index (χ2n) is 8.85. The van der Waals surface area contributed by atoms with Crippen molar-refractivity contribution in [3.05, 3.63) is 78.3 Å². The third kappa shape index (κ3) is 5.04. The van der Waals surface area contributed by atoms with E-state index in [9.17, 15) is 10.1 Å². The molecule has 0 saturated carbocycles. The standard InChI is InChI=1S/C28H26N8O/c1-18(17-32-30-2)19-7-9-22(10-8-19)33-26-11-12-31-27(35-26)21-6-5-20-14-25(34-24(20)15-21)28(37)36-13-3-4-23(36)16-29/h5-12,14-15,17,23,32,34H,2-4,13H2,1H3,(H,31,33,35)/b18-17+. The first kappa shape index (κ1) is 23.8. The van der Waals surface area contributed by atoms with Gasteiger partial charge in [0.1, 0.15) is 17.6 Å². The number of hydrogen-bond donors (Lipinski definition) is 3. The summed E-state index contributed by atoms with van der Waals surface area (Å²) in [5.74, 6) is 1.09. The Labute approximate surface area is 214 Å². The van der Waals surface area contributed by atoms with Crippen LogP contribution in [0.15, 0.2) is 72.1 Å². The minimum absolute atomic E-state index is 0.144. The number of H-pyrrole nitrogens is 1. The van der Waals surface area contributed by atoms with Crippen LogP contribution < -0.4 is 10.7 Å². The first-order valence-electron chi connectivity index (χ1n) is 12.0. The van der Waals surface area contributed by atoms with E-state index in [4.69, 9.17) is 0 Å². The van der Waals surface area contributed by atoms with Crippen molar-refractivity contribution in [1.82, 2.24) is 25.3 Å². The number of aromatic amines is 1. The van der Waals surface area contributed by atoms with Gasteiger partial charge in [-0.1, -0.05) is 24.3 Å². The van der Waals surface area contributed by atoms with Crippen molar-refractivity contribution in [2.24, 2.45) is 5.10 Å². The molecule has 5 rings (SSSR count). The van der Waals surface area contributed by atoms with Gasteiger partial charge in [-0.05, 0) is 61.2 Å². The highest BCUT2D eigenvalue weighted by Gasteiger charge is 2.30. The van der Waals surface area contributed by atoms with Crippen LogP contribution in [0.2, 0.25) is 0 Å². The van der Waals surface area contributed by atoms with Crippen molar-refractivity contribution < 1.29 is 4.79 Å². The van der Waals surface area contributed by atoms with Crippen LogP contribution in [0.5, 0.6) is 0 Å². The Kier molecular flexibility index (Phi) is 6.64. The molecule has 0 radical (unpaired) electrons. The number of likely N-dealkylation sites (tertiary alicyclic amines) is 1. The van der Waals surface area contributed by atoms with Gasteiger partial charge in [0.05, 0.1) is 6.07 Å². The van der Waals surface area contributed by atoms with Crippen LogP contribution in [0.1, 0.15) is 35.8 Å². The molecule has 4 aromatic rings. The quantitative estimate of drug-likeness (QED) is 0.246. The number of nitrogens with one attached hydrogen (secondary N) is 3. The van der Waals surface area contributed by atoms with Crippen LogP contribution in [-0.4, -0.2) is 45.1 Å². The lowest BCUT2D eigenvalue weighted by atomic mass is 10.1. The number of nitrogens with zero attached hydrogens (tertiary/aromatic N) is 5. The molecule has 0 aliphatic carbocycles. The van der Waals surface area contributed by atoms with Crippen LogP contribution in [0.25, 0.3) is 27.9 Å². The summed E-state index contributed by atoms with van der Waals surface area (Å²) in [7, 11) is 0. The topological polar surface area (TPSA) is 122 Å². The maximum atomic E-state index is 13.0. The number of hydrogen-bond acceptors (Lipinski definition) is 7. The molecule has 1 saturated heterocycles. The molecule has 1 fully saturated rings. The van der Waals surface area contributed by atoms with Gasteiger partial charge in [-0.25, -0.2) is 9.97 Å². The van der Waals surface area contributed by atoms with Crippen molar-refractivity contribution in [3.63, 3.8) is 0 Å². The van der Waals surface area contributed by atoms with Gasteiger partial charge in [0.25, 0.3) is 5.91 Å². The molecule has 1 amide bonds. The number of rotatable bonds is 7. The first-order valence-corrected chi connectivity index (χ1v) is 12.0. The second-order valence-corrected chi connectivity index (χ2v) is 8.85. The molecule has 1 unspecified atom stereocenters. The van der Waals surface area contributed by atoms with Crippen LogP contribution in [-0.2, 0) is 0 Å². The number of amides is 1. The van der Waals surface area contributed by atoms with Crippen molar-refractivity contribution in [1.29, 1.82) is 5.26 Å². The van der Waals surface area contributed by atoms with Gasteiger partial charge in [-0.3, -0.25) is 10.2 Å². The number of carbonyl (C=O) groups excluding carboxylic acids is 1. The van der Waals surface area contributed by atoms with Crippen molar-refractivity contribution in [2.45, 2.75) is 25.8 Å². The fourth-order valence-electron chi connectivity index (χ4n) is 4.44. The molecule has 1 aliphatic heterocycles. The minimum atomic E-state index is -0.360. The fraction of sp³-hybridized carbons (Fsp3) is 0.179. The number of anilines is 2. The summed E-state index contributed by atoms with van der Waals surface area (Å²) in [4.78, 5) is 26.9. The van der Waals surface area contributed by atoms with E-state index in [2.05, 4.69) is 43.6 Å². The van der Waals surface area contributed by atoms with Crippen LogP contribution in [0.4, 0.5) is 11.5 Å². The third-order valence-corrected chi connectivity index (χ3v) is 6.41. The Balaban J connectivity index is 1.34.